The number of nitrogens with one attached hydrogen (secondary N) is 1. The maximum atomic E-state index is 12.8. The first-order valence-corrected chi connectivity index (χ1v) is 8.99. The molecule has 2 aromatic carbocycles. The summed E-state index contributed by atoms with van der Waals surface area (Å²) in [5.41, 5.74) is 0.842. The summed E-state index contributed by atoms with van der Waals surface area (Å²) in [6.07, 6.45) is 0. The van der Waals surface area contributed by atoms with E-state index < -0.39 is 6.04 Å². The zero-order chi connectivity index (χ0) is 19.6. The van der Waals surface area contributed by atoms with Gasteiger partial charge in [0.2, 0.25) is 5.91 Å². The van der Waals surface area contributed by atoms with Crippen molar-refractivity contribution in [3.8, 4) is 5.75 Å². The Morgan fingerprint density at radius 3 is 2.44 bits per heavy atom. The molecule has 0 bridgehead atoms. The Labute approximate surface area is 163 Å². The van der Waals surface area contributed by atoms with E-state index in [4.69, 9.17) is 21.4 Å². The number of rotatable bonds is 9. The fourth-order valence-electron chi connectivity index (χ4n) is 2.44. The smallest absolute Gasteiger partial charge is 0.261 e. The summed E-state index contributed by atoms with van der Waals surface area (Å²) < 4.78 is 5.53. The van der Waals surface area contributed by atoms with Gasteiger partial charge in [0.25, 0.3) is 5.91 Å². The molecule has 0 aliphatic heterocycles. The van der Waals surface area contributed by atoms with Crippen LogP contribution in [0.5, 0.6) is 5.75 Å². The molecule has 144 valence electrons. The molecule has 0 spiro atoms. The first-order chi connectivity index (χ1) is 13.0. The molecular weight excluding hydrogens is 368 g/mol. The van der Waals surface area contributed by atoms with Crippen molar-refractivity contribution in [1.82, 2.24) is 10.2 Å². The van der Waals surface area contributed by atoms with Crippen LogP contribution in [-0.4, -0.2) is 47.6 Å². The monoisotopic (exact) mass is 390 g/mol. The first kappa shape index (κ1) is 20.7. The number of amides is 2. The maximum Gasteiger partial charge on any atom is 0.261 e. The van der Waals surface area contributed by atoms with Gasteiger partial charge in [0, 0.05) is 18.1 Å². The molecule has 6 nitrogen and oxygen atoms in total. The number of halogens is 1. The molecule has 0 aliphatic rings. The Bertz CT molecular complexity index is 737. The van der Waals surface area contributed by atoms with Gasteiger partial charge in [-0.1, -0.05) is 41.9 Å². The van der Waals surface area contributed by atoms with E-state index in [-0.39, 0.29) is 38.1 Å². The zero-order valence-corrected chi connectivity index (χ0v) is 15.9. The standard InChI is InChI=1S/C20H23ClN2O4/c1-15(20(26)22-11-12-24)23(13-16-7-9-17(21)10-8-16)19(25)14-27-18-5-3-2-4-6-18/h2-10,15,24H,11-14H2,1H3,(H,22,26). The fourth-order valence-corrected chi connectivity index (χ4v) is 2.57. The highest BCUT2D eigenvalue weighted by molar-refractivity contribution is 6.30. The van der Waals surface area contributed by atoms with Crippen LogP contribution in [-0.2, 0) is 16.1 Å². The van der Waals surface area contributed by atoms with Crippen LogP contribution in [0.1, 0.15) is 12.5 Å². The summed E-state index contributed by atoms with van der Waals surface area (Å²) in [5.74, 6) is -0.0822. The van der Waals surface area contributed by atoms with Gasteiger partial charge in [-0.15, -0.1) is 0 Å². The van der Waals surface area contributed by atoms with Crippen LogP contribution in [0.3, 0.4) is 0 Å². The third-order valence-corrected chi connectivity index (χ3v) is 4.20. The number of carbonyl (C=O) groups excluding carboxylic acids is 2. The molecule has 0 aromatic heterocycles. The summed E-state index contributed by atoms with van der Waals surface area (Å²) in [6.45, 7) is 1.66. The number of ether oxygens (including phenoxy) is 1. The molecule has 2 aromatic rings. The molecule has 1 unspecified atom stereocenters. The molecule has 0 aliphatic carbocycles. The van der Waals surface area contributed by atoms with Crippen LogP contribution in [0.4, 0.5) is 0 Å². The van der Waals surface area contributed by atoms with Gasteiger partial charge in [-0.2, -0.15) is 0 Å². The largest absolute Gasteiger partial charge is 0.484 e. The van der Waals surface area contributed by atoms with E-state index in [0.29, 0.717) is 10.8 Å². The zero-order valence-electron chi connectivity index (χ0n) is 15.1. The number of benzene rings is 2. The first-order valence-electron chi connectivity index (χ1n) is 8.61. The number of hydrogen-bond donors (Lipinski definition) is 2. The Morgan fingerprint density at radius 1 is 1.15 bits per heavy atom. The van der Waals surface area contributed by atoms with Crippen molar-refractivity contribution in [3.05, 3.63) is 65.2 Å². The van der Waals surface area contributed by atoms with Crippen molar-refractivity contribution in [2.24, 2.45) is 0 Å². The lowest BCUT2D eigenvalue weighted by molar-refractivity contribution is -0.142. The van der Waals surface area contributed by atoms with E-state index in [1.807, 2.05) is 18.2 Å². The van der Waals surface area contributed by atoms with Gasteiger partial charge in [-0.3, -0.25) is 9.59 Å². The quantitative estimate of drug-likeness (QED) is 0.688. The molecule has 2 N–H and O–H groups in total. The molecule has 1 atom stereocenters. The second kappa shape index (κ2) is 10.5. The predicted molar refractivity (Wildman–Crippen MR) is 103 cm³/mol. The van der Waals surface area contributed by atoms with Crippen LogP contribution < -0.4 is 10.1 Å². The van der Waals surface area contributed by atoms with Gasteiger partial charge in [0.05, 0.1) is 6.61 Å². The number of hydrogen-bond acceptors (Lipinski definition) is 4. The molecule has 0 heterocycles. The number of aliphatic hydroxyl groups excluding tert-OH is 1. The summed E-state index contributed by atoms with van der Waals surface area (Å²) >= 11 is 5.91. The molecule has 0 radical (unpaired) electrons. The van der Waals surface area contributed by atoms with Crippen molar-refractivity contribution in [1.29, 1.82) is 0 Å². The lowest BCUT2D eigenvalue weighted by Gasteiger charge is -2.28. The SMILES string of the molecule is CC(C(=O)NCCO)N(Cc1ccc(Cl)cc1)C(=O)COc1ccccc1. The Hall–Kier alpha value is -2.57. The average Bonchev–Trinajstić information content (AvgIpc) is 2.70. The maximum absolute atomic E-state index is 12.8. The summed E-state index contributed by atoms with van der Waals surface area (Å²) in [7, 11) is 0. The highest BCUT2D eigenvalue weighted by Crippen LogP contribution is 2.15. The van der Waals surface area contributed by atoms with Crippen LogP contribution in [0, 0.1) is 0 Å². The van der Waals surface area contributed by atoms with E-state index in [1.54, 1.807) is 43.3 Å². The molecule has 2 rings (SSSR count). The van der Waals surface area contributed by atoms with Crippen molar-refractivity contribution < 1.29 is 19.4 Å². The van der Waals surface area contributed by atoms with Crippen LogP contribution in [0.15, 0.2) is 54.6 Å². The van der Waals surface area contributed by atoms with Crippen LogP contribution in [0.25, 0.3) is 0 Å². The molecule has 0 fully saturated rings. The molecule has 27 heavy (non-hydrogen) atoms. The van der Waals surface area contributed by atoms with E-state index in [2.05, 4.69) is 5.32 Å². The van der Waals surface area contributed by atoms with E-state index in [0.717, 1.165) is 5.56 Å². The fraction of sp³-hybridized carbons (Fsp3) is 0.300. The number of nitrogens with zero attached hydrogens (tertiary/aromatic N) is 1. The third kappa shape index (κ3) is 6.58. The lowest BCUT2D eigenvalue weighted by atomic mass is 10.1. The lowest BCUT2D eigenvalue weighted by Crippen LogP contribution is -2.49. The van der Waals surface area contributed by atoms with E-state index in [9.17, 15) is 9.59 Å². The molecule has 0 saturated heterocycles. The predicted octanol–water partition coefficient (Wildman–Crippen LogP) is 2.24. The Kier molecular flexibility index (Phi) is 8.10. The molecule has 7 heteroatoms. The summed E-state index contributed by atoms with van der Waals surface area (Å²) in [5, 5.41) is 12.1. The van der Waals surface area contributed by atoms with Crippen molar-refractivity contribution in [2.75, 3.05) is 19.8 Å². The molecule has 0 saturated carbocycles. The van der Waals surface area contributed by atoms with Gasteiger partial charge >= 0.3 is 0 Å². The van der Waals surface area contributed by atoms with Crippen LogP contribution >= 0.6 is 11.6 Å². The number of carbonyl (C=O) groups is 2. The Morgan fingerprint density at radius 2 is 1.81 bits per heavy atom. The topological polar surface area (TPSA) is 78.9 Å². The van der Waals surface area contributed by atoms with E-state index in [1.165, 1.54) is 4.90 Å². The van der Waals surface area contributed by atoms with Gasteiger partial charge < -0.3 is 20.1 Å². The minimum atomic E-state index is -0.723. The van der Waals surface area contributed by atoms with Crippen LogP contribution in [0.2, 0.25) is 5.02 Å². The normalized spacial score (nSPS) is 11.5. The summed E-state index contributed by atoms with van der Waals surface area (Å²) in [6, 6.07) is 15.4. The minimum absolute atomic E-state index is 0.132. The van der Waals surface area contributed by atoms with Crippen molar-refractivity contribution in [2.45, 2.75) is 19.5 Å². The van der Waals surface area contributed by atoms with Gasteiger partial charge in [0.1, 0.15) is 11.8 Å². The number of aliphatic hydroxyl groups is 1. The van der Waals surface area contributed by atoms with Crippen molar-refractivity contribution in [3.63, 3.8) is 0 Å². The van der Waals surface area contributed by atoms with Gasteiger partial charge in [0.15, 0.2) is 6.61 Å². The van der Waals surface area contributed by atoms with Gasteiger partial charge in [-0.05, 0) is 36.8 Å². The summed E-state index contributed by atoms with van der Waals surface area (Å²) in [4.78, 5) is 26.5. The Balaban J connectivity index is 2.10. The van der Waals surface area contributed by atoms with Crippen molar-refractivity contribution >= 4 is 23.4 Å². The average molecular weight is 391 g/mol. The highest BCUT2D eigenvalue weighted by atomic mass is 35.5. The van der Waals surface area contributed by atoms with E-state index >= 15 is 0 Å². The number of para-hydroxylation sites is 1. The second-order valence-electron chi connectivity index (χ2n) is 5.94. The molecule has 2 amide bonds. The minimum Gasteiger partial charge on any atom is -0.484 e. The second-order valence-corrected chi connectivity index (χ2v) is 6.38. The highest BCUT2D eigenvalue weighted by Gasteiger charge is 2.26. The third-order valence-electron chi connectivity index (χ3n) is 3.95. The van der Waals surface area contributed by atoms with Gasteiger partial charge in [-0.25, -0.2) is 0 Å². The molecular formula is C20H23ClN2O4.